The summed E-state index contributed by atoms with van der Waals surface area (Å²) < 4.78 is 0. The number of nitrogens with two attached hydrogens (primary N) is 1. The zero-order chi connectivity index (χ0) is 12.3. The van der Waals surface area contributed by atoms with Crippen molar-refractivity contribution in [2.24, 2.45) is 5.73 Å². The first-order valence-corrected chi connectivity index (χ1v) is 6.21. The van der Waals surface area contributed by atoms with E-state index >= 15 is 0 Å². The predicted octanol–water partition coefficient (Wildman–Crippen LogP) is 0.665. The highest BCUT2D eigenvalue weighted by Gasteiger charge is 2.34. The van der Waals surface area contributed by atoms with Crippen LogP contribution in [-0.4, -0.2) is 54.0 Å². The van der Waals surface area contributed by atoms with E-state index in [1.54, 1.807) is 0 Å². The molecule has 1 rings (SSSR count). The van der Waals surface area contributed by atoms with E-state index in [2.05, 4.69) is 25.7 Å². The highest BCUT2D eigenvalue weighted by molar-refractivity contribution is 5.82. The molecule has 1 heterocycles. The molecule has 16 heavy (non-hydrogen) atoms. The minimum Gasteiger partial charge on any atom is -0.342 e. The van der Waals surface area contributed by atoms with Crippen LogP contribution in [0.1, 0.15) is 33.6 Å². The Morgan fingerprint density at radius 1 is 1.50 bits per heavy atom. The lowest BCUT2D eigenvalue weighted by Crippen LogP contribution is -2.49. The van der Waals surface area contributed by atoms with Gasteiger partial charge in [0, 0.05) is 25.7 Å². The third-order valence-electron chi connectivity index (χ3n) is 3.60. The van der Waals surface area contributed by atoms with Gasteiger partial charge >= 0.3 is 0 Å². The van der Waals surface area contributed by atoms with Crippen LogP contribution in [0.3, 0.4) is 0 Å². The average molecular weight is 227 g/mol. The summed E-state index contributed by atoms with van der Waals surface area (Å²) in [6.07, 6.45) is 1.80. The molecule has 0 radical (unpaired) electrons. The molecule has 0 bridgehead atoms. The minimum atomic E-state index is -0.0278. The molecule has 0 aliphatic carbocycles. The second-order valence-corrected chi connectivity index (χ2v) is 5.01. The zero-order valence-electron chi connectivity index (χ0n) is 10.9. The summed E-state index contributed by atoms with van der Waals surface area (Å²) in [6.45, 7) is 7.96. The molecule has 4 nitrogen and oxygen atoms in total. The summed E-state index contributed by atoms with van der Waals surface area (Å²) in [5.74, 6) is 0.226. The molecule has 0 aromatic rings. The number of nitrogens with zero attached hydrogens (tertiary/aromatic N) is 2. The van der Waals surface area contributed by atoms with E-state index in [9.17, 15) is 4.79 Å². The highest BCUT2D eigenvalue weighted by Crippen LogP contribution is 2.19. The van der Waals surface area contributed by atoms with Gasteiger partial charge in [-0.3, -0.25) is 9.69 Å². The maximum atomic E-state index is 12.3. The van der Waals surface area contributed by atoms with Gasteiger partial charge in [0.1, 0.15) is 0 Å². The van der Waals surface area contributed by atoms with Gasteiger partial charge in [-0.2, -0.15) is 0 Å². The monoisotopic (exact) mass is 227 g/mol. The number of carbonyl (C=O) groups is 1. The second-order valence-electron chi connectivity index (χ2n) is 5.01. The molecule has 1 aliphatic heterocycles. The molecule has 1 fully saturated rings. The zero-order valence-corrected chi connectivity index (χ0v) is 10.9. The number of carbonyl (C=O) groups excluding carboxylic acids is 1. The van der Waals surface area contributed by atoms with Crippen LogP contribution in [0.4, 0.5) is 0 Å². The smallest absolute Gasteiger partial charge is 0.239 e. The fourth-order valence-electron chi connectivity index (χ4n) is 2.34. The van der Waals surface area contributed by atoms with E-state index in [1.807, 2.05) is 11.9 Å². The van der Waals surface area contributed by atoms with E-state index in [0.717, 1.165) is 19.4 Å². The molecular weight excluding hydrogens is 202 g/mol. The van der Waals surface area contributed by atoms with Crippen LogP contribution < -0.4 is 5.73 Å². The third kappa shape index (κ3) is 2.74. The largest absolute Gasteiger partial charge is 0.342 e. The van der Waals surface area contributed by atoms with Crippen molar-refractivity contribution in [2.45, 2.75) is 51.7 Å². The summed E-state index contributed by atoms with van der Waals surface area (Å²) in [5.41, 5.74) is 5.62. The fourth-order valence-corrected chi connectivity index (χ4v) is 2.34. The molecule has 2 atom stereocenters. The van der Waals surface area contributed by atoms with Crippen molar-refractivity contribution in [3.63, 3.8) is 0 Å². The molecule has 1 amide bonds. The number of amides is 1. The number of hydrogen-bond donors (Lipinski definition) is 1. The third-order valence-corrected chi connectivity index (χ3v) is 3.60. The molecule has 0 aromatic heterocycles. The first-order chi connectivity index (χ1) is 7.49. The van der Waals surface area contributed by atoms with Crippen molar-refractivity contribution >= 4 is 5.91 Å². The van der Waals surface area contributed by atoms with Gasteiger partial charge in [0.15, 0.2) is 0 Å². The molecule has 94 valence electrons. The predicted molar refractivity (Wildman–Crippen MR) is 66.2 cm³/mol. The van der Waals surface area contributed by atoms with Gasteiger partial charge in [-0.15, -0.1) is 0 Å². The Morgan fingerprint density at radius 3 is 2.62 bits per heavy atom. The van der Waals surface area contributed by atoms with Crippen molar-refractivity contribution in [2.75, 3.05) is 20.1 Å². The van der Waals surface area contributed by atoms with Crippen LogP contribution in [0.25, 0.3) is 0 Å². The van der Waals surface area contributed by atoms with Crippen LogP contribution >= 0.6 is 0 Å². The molecular formula is C12H25N3O. The summed E-state index contributed by atoms with van der Waals surface area (Å²) >= 11 is 0. The Bertz CT molecular complexity index is 242. The molecule has 0 spiro atoms. The van der Waals surface area contributed by atoms with Crippen LogP contribution in [0, 0.1) is 0 Å². The lowest BCUT2D eigenvalue weighted by Gasteiger charge is -2.32. The minimum absolute atomic E-state index is 0.0278. The summed E-state index contributed by atoms with van der Waals surface area (Å²) in [5, 5.41) is 0. The normalized spacial score (nSPS) is 28.6. The van der Waals surface area contributed by atoms with Crippen LogP contribution in [0.5, 0.6) is 0 Å². The molecule has 1 aliphatic rings. The van der Waals surface area contributed by atoms with E-state index in [0.29, 0.717) is 18.6 Å². The maximum absolute atomic E-state index is 12.3. The molecule has 0 aromatic carbocycles. The summed E-state index contributed by atoms with van der Waals surface area (Å²) in [4.78, 5) is 16.5. The van der Waals surface area contributed by atoms with Crippen LogP contribution in [0.15, 0.2) is 0 Å². The first kappa shape index (κ1) is 13.5. The average Bonchev–Trinajstić information content (AvgIpc) is 2.33. The lowest BCUT2D eigenvalue weighted by atomic mass is 10.1. The highest BCUT2D eigenvalue weighted by atomic mass is 16.2. The Hall–Kier alpha value is -0.610. The van der Waals surface area contributed by atoms with Crippen LogP contribution in [-0.2, 0) is 4.79 Å². The Kier molecular flexibility index (Phi) is 4.74. The number of rotatable bonds is 3. The van der Waals surface area contributed by atoms with E-state index < -0.39 is 0 Å². The maximum Gasteiger partial charge on any atom is 0.239 e. The molecule has 2 N–H and O–H groups in total. The van der Waals surface area contributed by atoms with Crippen molar-refractivity contribution in [1.29, 1.82) is 0 Å². The van der Waals surface area contributed by atoms with Crippen molar-refractivity contribution in [1.82, 2.24) is 9.80 Å². The summed E-state index contributed by atoms with van der Waals surface area (Å²) in [6, 6.07) is 0.704. The van der Waals surface area contributed by atoms with Gasteiger partial charge in [-0.1, -0.05) is 0 Å². The van der Waals surface area contributed by atoms with E-state index in [1.165, 1.54) is 0 Å². The van der Waals surface area contributed by atoms with Gasteiger partial charge in [0.05, 0.1) is 6.04 Å². The van der Waals surface area contributed by atoms with Gasteiger partial charge < -0.3 is 10.6 Å². The number of hydrogen-bond acceptors (Lipinski definition) is 3. The molecule has 0 saturated carbocycles. The quantitative estimate of drug-likeness (QED) is 0.771. The number of likely N-dealkylation sites (N-methyl/N-ethyl adjacent to an activating group) is 1. The van der Waals surface area contributed by atoms with Crippen molar-refractivity contribution < 1.29 is 4.79 Å². The SMILES string of the molecule is CC1CCN(C(C)C)C(CCN)C(=O)N1C. The van der Waals surface area contributed by atoms with Gasteiger partial charge in [-0.25, -0.2) is 0 Å². The van der Waals surface area contributed by atoms with E-state index in [-0.39, 0.29) is 11.9 Å². The Labute approximate surface area is 98.8 Å². The second kappa shape index (κ2) is 5.64. The van der Waals surface area contributed by atoms with E-state index in [4.69, 9.17) is 5.73 Å². The van der Waals surface area contributed by atoms with Gasteiger partial charge in [0.25, 0.3) is 0 Å². The Balaban J connectivity index is 2.88. The lowest BCUT2D eigenvalue weighted by molar-refractivity contribution is -0.136. The van der Waals surface area contributed by atoms with Crippen molar-refractivity contribution in [3.8, 4) is 0 Å². The standard InChI is InChI=1S/C12H25N3O/c1-9(2)15-8-6-10(3)14(4)12(16)11(15)5-7-13/h9-11H,5-8,13H2,1-4H3. The molecule has 4 heteroatoms. The fraction of sp³-hybridized carbons (Fsp3) is 0.917. The molecule has 1 saturated heterocycles. The Morgan fingerprint density at radius 2 is 2.12 bits per heavy atom. The summed E-state index contributed by atoms with van der Waals surface area (Å²) in [7, 11) is 1.90. The first-order valence-electron chi connectivity index (χ1n) is 6.21. The molecule has 2 unspecified atom stereocenters. The van der Waals surface area contributed by atoms with Gasteiger partial charge in [0.2, 0.25) is 5.91 Å². The topological polar surface area (TPSA) is 49.6 Å². The van der Waals surface area contributed by atoms with Crippen molar-refractivity contribution in [3.05, 3.63) is 0 Å². The van der Waals surface area contributed by atoms with Gasteiger partial charge in [-0.05, 0) is 40.2 Å². The van der Waals surface area contributed by atoms with Crippen LogP contribution in [0.2, 0.25) is 0 Å².